The van der Waals surface area contributed by atoms with Gasteiger partial charge in [-0.05, 0) is 37.5 Å². The Bertz CT molecular complexity index is 947. The van der Waals surface area contributed by atoms with Gasteiger partial charge in [0.2, 0.25) is 0 Å². The largest absolute Gasteiger partial charge is 0.416 e. The van der Waals surface area contributed by atoms with Crippen LogP contribution in [0.2, 0.25) is 0 Å². The zero-order valence-electron chi connectivity index (χ0n) is 20.2. The molecule has 9 heteroatoms. The Morgan fingerprint density at radius 2 is 2.00 bits per heavy atom. The highest BCUT2D eigenvalue weighted by atomic mass is 19.4. The third-order valence-corrected chi connectivity index (χ3v) is 6.95. The van der Waals surface area contributed by atoms with Gasteiger partial charge >= 0.3 is 12.2 Å². The molecule has 0 bridgehead atoms. The van der Waals surface area contributed by atoms with Crippen molar-refractivity contribution in [1.29, 1.82) is 0 Å². The van der Waals surface area contributed by atoms with Crippen LogP contribution in [0.5, 0.6) is 0 Å². The predicted molar refractivity (Wildman–Crippen MR) is 130 cm³/mol. The number of hydrogen-bond acceptors (Lipinski definition) is 4. The van der Waals surface area contributed by atoms with E-state index in [1.807, 2.05) is 26.0 Å². The molecule has 3 aliphatic rings. The highest BCUT2D eigenvalue weighted by Crippen LogP contribution is 2.49. The number of anilines is 1. The van der Waals surface area contributed by atoms with Gasteiger partial charge in [-0.1, -0.05) is 38.2 Å². The maximum atomic E-state index is 13.5. The Labute approximate surface area is 204 Å². The van der Waals surface area contributed by atoms with E-state index >= 15 is 0 Å². The van der Waals surface area contributed by atoms with Crippen LogP contribution in [0.4, 0.5) is 23.7 Å². The van der Waals surface area contributed by atoms with E-state index in [0.29, 0.717) is 36.9 Å². The molecule has 35 heavy (non-hydrogen) atoms. The second-order valence-electron chi connectivity index (χ2n) is 9.85. The van der Waals surface area contributed by atoms with Gasteiger partial charge in [0.1, 0.15) is 0 Å². The van der Waals surface area contributed by atoms with Crippen LogP contribution in [-0.4, -0.2) is 43.9 Å². The summed E-state index contributed by atoms with van der Waals surface area (Å²) in [4.78, 5) is 12.2. The van der Waals surface area contributed by atoms with Crippen LogP contribution >= 0.6 is 0 Å². The number of fused-ring (bicyclic) bond motifs is 3. The molecule has 1 aromatic rings. The summed E-state index contributed by atoms with van der Waals surface area (Å²) in [5.74, 6) is 0.283. The van der Waals surface area contributed by atoms with Crippen LogP contribution in [0.15, 0.2) is 42.5 Å². The van der Waals surface area contributed by atoms with Gasteiger partial charge in [0.05, 0.1) is 17.8 Å². The molecule has 0 saturated carbocycles. The second kappa shape index (κ2) is 11.0. The lowest BCUT2D eigenvalue weighted by molar-refractivity contribution is -0.138. The zero-order chi connectivity index (χ0) is 25.0. The fraction of sp³-hybridized carbons (Fsp3) is 0.577. The zero-order valence-corrected chi connectivity index (χ0v) is 20.2. The molecular weight excluding hydrogens is 457 g/mol. The molecule has 1 fully saturated rings. The van der Waals surface area contributed by atoms with E-state index in [2.05, 4.69) is 33.4 Å². The Morgan fingerprint density at radius 1 is 1.17 bits per heavy atom. The minimum Gasteiger partial charge on any atom is -0.381 e. The van der Waals surface area contributed by atoms with Crippen molar-refractivity contribution in [3.8, 4) is 0 Å². The summed E-state index contributed by atoms with van der Waals surface area (Å²) in [6.07, 6.45) is 5.59. The number of alkyl halides is 3. The van der Waals surface area contributed by atoms with Gasteiger partial charge in [0, 0.05) is 54.8 Å². The van der Waals surface area contributed by atoms with Crippen molar-refractivity contribution in [3.05, 3.63) is 53.6 Å². The number of ether oxygens (including phenoxy) is 1. The number of carbonyl (C=O) groups is 1. The first kappa shape index (κ1) is 25.6. The standard InChI is InChI=1S/C26H35F3N4O2/c1-16(2)30-12-13-31-25(34)32-15-19-9-10-20-23(17-6-4-3-5-7-17)33-22-11-8-18(26(27,28)29)14-21(22)24(20)35-19/h3-6,8,11,14,16-17,19-20,23-24,30,33H,7,9-10,12-13,15H2,1-2H3,(H2,31,32,34)/t17?,19-,20+,23+,24+/m1/s1. The molecule has 1 saturated heterocycles. The van der Waals surface area contributed by atoms with Crippen molar-refractivity contribution in [2.45, 2.75) is 63.6 Å². The topological polar surface area (TPSA) is 74.4 Å². The Balaban J connectivity index is 1.45. The molecule has 2 aliphatic heterocycles. The Kier molecular flexibility index (Phi) is 8.06. The van der Waals surface area contributed by atoms with Crippen LogP contribution in [-0.2, 0) is 10.9 Å². The first-order chi connectivity index (χ1) is 16.7. The molecule has 2 heterocycles. The number of carbonyl (C=O) groups excluding carboxylic acids is 1. The first-order valence-corrected chi connectivity index (χ1v) is 12.4. The third-order valence-electron chi connectivity index (χ3n) is 6.95. The number of urea groups is 1. The van der Waals surface area contributed by atoms with Gasteiger partial charge in [-0.3, -0.25) is 0 Å². The van der Waals surface area contributed by atoms with Crippen LogP contribution in [0.1, 0.15) is 50.3 Å². The lowest BCUT2D eigenvalue weighted by Gasteiger charge is -2.47. The lowest BCUT2D eigenvalue weighted by Crippen LogP contribution is -2.49. The SMILES string of the molecule is CC(C)NCCNC(=O)NC[C@H]1CC[C@@H]2[C@H](O1)c1cc(C(F)(F)F)ccc1N[C@H]2C1C=CC=CC1. The number of amides is 2. The number of halogens is 3. The molecule has 0 radical (unpaired) electrons. The molecule has 2 amide bonds. The molecule has 0 aromatic heterocycles. The summed E-state index contributed by atoms with van der Waals surface area (Å²) in [5.41, 5.74) is 0.565. The van der Waals surface area contributed by atoms with Crippen LogP contribution in [0, 0.1) is 11.8 Å². The summed E-state index contributed by atoms with van der Waals surface area (Å²) in [7, 11) is 0. The third kappa shape index (κ3) is 6.38. The number of hydrogen-bond donors (Lipinski definition) is 4. The molecule has 192 valence electrons. The normalized spacial score (nSPS) is 27.7. The molecule has 6 nitrogen and oxygen atoms in total. The molecule has 0 spiro atoms. The number of rotatable bonds is 7. The van der Waals surface area contributed by atoms with E-state index < -0.39 is 17.8 Å². The number of benzene rings is 1. The average molecular weight is 493 g/mol. The minimum absolute atomic E-state index is 0.0410. The van der Waals surface area contributed by atoms with Gasteiger partial charge < -0.3 is 26.0 Å². The molecular formula is C26H35F3N4O2. The van der Waals surface area contributed by atoms with Gasteiger partial charge in [0.25, 0.3) is 0 Å². The molecule has 4 rings (SSSR count). The van der Waals surface area contributed by atoms with E-state index in [1.165, 1.54) is 12.1 Å². The number of nitrogens with one attached hydrogen (secondary N) is 4. The maximum Gasteiger partial charge on any atom is 0.416 e. The van der Waals surface area contributed by atoms with E-state index in [-0.39, 0.29) is 30.0 Å². The van der Waals surface area contributed by atoms with Gasteiger partial charge in [-0.15, -0.1) is 0 Å². The monoisotopic (exact) mass is 492 g/mol. The summed E-state index contributed by atoms with van der Waals surface area (Å²) >= 11 is 0. The fourth-order valence-corrected chi connectivity index (χ4v) is 5.22. The highest BCUT2D eigenvalue weighted by molar-refractivity contribution is 5.73. The smallest absolute Gasteiger partial charge is 0.381 e. The van der Waals surface area contributed by atoms with Crippen molar-refractivity contribution in [3.63, 3.8) is 0 Å². The second-order valence-corrected chi connectivity index (χ2v) is 9.85. The van der Waals surface area contributed by atoms with Crippen LogP contribution in [0.3, 0.4) is 0 Å². The van der Waals surface area contributed by atoms with Crippen molar-refractivity contribution >= 4 is 11.7 Å². The maximum absolute atomic E-state index is 13.5. The summed E-state index contributed by atoms with van der Waals surface area (Å²) in [5, 5.41) is 12.4. The molecule has 4 N–H and O–H groups in total. The Hall–Kier alpha value is -2.52. The number of allylic oxidation sites excluding steroid dienone is 3. The fourth-order valence-electron chi connectivity index (χ4n) is 5.22. The average Bonchev–Trinajstić information content (AvgIpc) is 2.84. The quantitative estimate of drug-likeness (QED) is 0.414. The van der Waals surface area contributed by atoms with E-state index in [0.717, 1.165) is 25.3 Å². The van der Waals surface area contributed by atoms with E-state index in [4.69, 9.17) is 4.74 Å². The van der Waals surface area contributed by atoms with Gasteiger partial charge in [0.15, 0.2) is 0 Å². The van der Waals surface area contributed by atoms with Crippen molar-refractivity contribution in [2.24, 2.45) is 11.8 Å². The molecule has 1 unspecified atom stereocenters. The molecule has 1 aliphatic carbocycles. The predicted octanol–water partition coefficient (Wildman–Crippen LogP) is 4.77. The summed E-state index contributed by atoms with van der Waals surface area (Å²) in [6, 6.07) is 4.00. The minimum atomic E-state index is -4.42. The highest BCUT2D eigenvalue weighted by Gasteiger charge is 2.45. The van der Waals surface area contributed by atoms with Gasteiger partial charge in [-0.25, -0.2) is 4.79 Å². The van der Waals surface area contributed by atoms with Crippen molar-refractivity contribution < 1.29 is 22.7 Å². The van der Waals surface area contributed by atoms with Gasteiger partial charge in [-0.2, -0.15) is 13.2 Å². The van der Waals surface area contributed by atoms with Crippen LogP contribution < -0.4 is 21.3 Å². The molecule has 1 aromatic carbocycles. The van der Waals surface area contributed by atoms with Crippen molar-refractivity contribution in [1.82, 2.24) is 16.0 Å². The summed E-state index contributed by atoms with van der Waals surface area (Å²) in [6.45, 7) is 5.56. The van der Waals surface area contributed by atoms with E-state index in [9.17, 15) is 18.0 Å². The van der Waals surface area contributed by atoms with E-state index in [1.54, 1.807) is 0 Å². The Morgan fingerprint density at radius 3 is 2.71 bits per heavy atom. The molecule has 5 atom stereocenters. The van der Waals surface area contributed by atoms with Crippen molar-refractivity contribution in [2.75, 3.05) is 25.0 Å². The lowest BCUT2D eigenvalue weighted by atomic mass is 9.73. The summed E-state index contributed by atoms with van der Waals surface area (Å²) < 4.78 is 46.8. The first-order valence-electron chi connectivity index (χ1n) is 12.4. The van der Waals surface area contributed by atoms with Crippen LogP contribution in [0.25, 0.3) is 0 Å².